The van der Waals surface area contributed by atoms with E-state index in [0.717, 1.165) is 17.9 Å². The van der Waals surface area contributed by atoms with Crippen molar-refractivity contribution in [3.63, 3.8) is 0 Å². The molecule has 1 aliphatic heterocycles. The highest BCUT2D eigenvalue weighted by molar-refractivity contribution is 7.11. The molecule has 82 valence electrons. The minimum Gasteiger partial charge on any atom is -0.484 e. The van der Waals surface area contributed by atoms with Crippen LogP contribution in [0.25, 0.3) is 0 Å². The Hall–Kier alpha value is -1.03. The van der Waals surface area contributed by atoms with Crippen LogP contribution in [-0.4, -0.2) is 18.6 Å². The molecule has 2 atom stereocenters. The van der Waals surface area contributed by atoms with E-state index >= 15 is 0 Å². The van der Waals surface area contributed by atoms with E-state index in [1.54, 1.807) is 11.3 Å². The number of hydrogen-bond acceptors (Lipinski definition) is 3. The number of carbonyl (C=O) groups is 1. The van der Waals surface area contributed by atoms with Crippen molar-refractivity contribution in [1.82, 2.24) is 5.32 Å². The summed E-state index contributed by atoms with van der Waals surface area (Å²) in [6.45, 7) is 2.73. The van der Waals surface area contributed by atoms with E-state index in [1.165, 1.54) is 0 Å². The van der Waals surface area contributed by atoms with Crippen LogP contribution in [0, 0.1) is 5.92 Å². The minimum absolute atomic E-state index is 0.193. The lowest BCUT2D eigenvalue weighted by Gasteiger charge is -2.36. The number of hydrogen-bond donors (Lipinski definition) is 1. The van der Waals surface area contributed by atoms with Crippen LogP contribution in [0.15, 0.2) is 17.5 Å². The first kappa shape index (κ1) is 10.5. The Labute approximate surface area is 93.4 Å². The summed E-state index contributed by atoms with van der Waals surface area (Å²) in [7, 11) is 0. The zero-order valence-corrected chi connectivity index (χ0v) is 9.55. The van der Waals surface area contributed by atoms with E-state index in [0.29, 0.717) is 12.6 Å². The van der Waals surface area contributed by atoms with Crippen molar-refractivity contribution in [1.29, 1.82) is 0 Å². The molecule has 1 aromatic heterocycles. The van der Waals surface area contributed by atoms with Crippen LogP contribution >= 0.6 is 11.3 Å². The summed E-state index contributed by atoms with van der Waals surface area (Å²) >= 11 is 1.60. The van der Waals surface area contributed by atoms with Crippen molar-refractivity contribution in [3.05, 3.63) is 17.5 Å². The van der Waals surface area contributed by atoms with Crippen molar-refractivity contribution < 1.29 is 9.53 Å². The molecule has 2 rings (SSSR count). The Bertz CT molecular complexity index is 323. The lowest BCUT2D eigenvalue weighted by atomic mass is 9.86. The molecule has 1 fully saturated rings. The van der Waals surface area contributed by atoms with Crippen molar-refractivity contribution >= 4 is 17.2 Å². The van der Waals surface area contributed by atoms with Gasteiger partial charge in [0, 0.05) is 12.5 Å². The number of rotatable bonds is 5. The van der Waals surface area contributed by atoms with Gasteiger partial charge in [-0.2, -0.15) is 0 Å². The number of carbonyl (C=O) groups excluding carboxylic acids is 1. The highest BCUT2D eigenvalue weighted by atomic mass is 32.1. The van der Waals surface area contributed by atoms with Gasteiger partial charge < -0.3 is 10.1 Å². The predicted molar refractivity (Wildman–Crippen MR) is 60.1 cm³/mol. The van der Waals surface area contributed by atoms with Crippen molar-refractivity contribution in [2.24, 2.45) is 5.92 Å². The van der Waals surface area contributed by atoms with Crippen LogP contribution < -0.4 is 10.1 Å². The number of nitrogens with one attached hydrogen (secondary N) is 1. The highest BCUT2D eigenvalue weighted by Crippen LogP contribution is 2.23. The van der Waals surface area contributed by atoms with Gasteiger partial charge in [0.1, 0.15) is 0 Å². The van der Waals surface area contributed by atoms with Gasteiger partial charge in [-0.25, -0.2) is 0 Å². The van der Waals surface area contributed by atoms with Crippen molar-refractivity contribution in [2.75, 3.05) is 6.61 Å². The summed E-state index contributed by atoms with van der Waals surface area (Å²) in [5.74, 6) is 0.399. The molecule has 1 saturated heterocycles. The number of β-lactam (4-membered cyclic amide) rings is 1. The Balaban J connectivity index is 1.69. The Morgan fingerprint density at radius 2 is 2.47 bits per heavy atom. The van der Waals surface area contributed by atoms with Crippen LogP contribution in [0.3, 0.4) is 0 Å². The quantitative estimate of drug-likeness (QED) is 0.779. The lowest BCUT2D eigenvalue weighted by molar-refractivity contribution is -0.135. The normalized spacial score (nSPS) is 24.5. The Morgan fingerprint density at radius 3 is 3.07 bits per heavy atom. The molecule has 0 spiro atoms. The van der Waals surface area contributed by atoms with Gasteiger partial charge in [-0.3, -0.25) is 4.79 Å². The Morgan fingerprint density at radius 1 is 1.60 bits per heavy atom. The number of ether oxygens (including phenoxy) is 1. The number of amides is 1. The van der Waals surface area contributed by atoms with E-state index in [2.05, 4.69) is 12.2 Å². The average molecular weight is 225 g/mol. The molecule has 0 radical (unpaired) electrons. The second-order valence-electron chi connectivity index (χ2n) is 3.70. The first-order valence-corrected chi connectivity index (χ1v) is 6.16. The van der Waals surface area contributed by atoms with Crippen molar-refractivity contribution in [2.45, 2.75) is 25.8 Å². The number of thiophene rings is 1. The predicted octanol–water partition coefficient (Wildman–Crippen LogP) is 2.04. The fraction of sp³-hybridized carbons (Fsp3) is 0.545. The van der Waals surface area contributed by atoms with E-state index < -0.39 is 0 Å². The molecule has 0 unspecified atom stereocenters. The van der Waals surface area contributed by atoms with E-state index in [4.69, 9.17) is 4.74 Å². The van der Waals surface area contributed by atoms with Gasteiger partial charge >= 0.3 is 0 Å². The summed E-state index contributed by atoms with van der Waals surface area (Å²) in [5.41, 5.74) is 0. The van der Waals surface area contributed by atoms with Gasteiger partial charge in [0.25, 0.3) is 0 Å². The fourth-order valence-electron chi connectivity index (χ4n) is 1.85. The molecule has 4 heteroatoms. The summed E-state index contributed by atoms with van der Waals surface area (Å²) in [6, 6.07) is 4.25. The summed E-state index contributed by atoms with van der Waals surface area (Å²) in [5, 5.41) is 5.86. The largest absolute Gasteiger partial charge is 0.484 e. The summed E-state index contributed by atoms with van der Waals surface area (Å²) in [6.07, 6.45) is 1.83. The minimum atomic E-state index is 0.193. The molecule has 2 heterocycles. The molecule has 15 heavy (non-hydrogen) atoms. The first-order valence-electron chi connectivity index (χ1n) is 5.28. The molecule has 1 N–H and O–H groups in total. The molecule has 1 amide bonds. The van der Waals surface area contributed by atoms with Crippen LogP contribution in [0.1, 0.15) is 19.8 Å². The van der Waals surface area contributed by atoms with E-state index in [1.807, 2.05) is 17.5 Å². The molecule has 1 aromatic rings. The van der Waals surface area contributed by atoms with Crippen LogP contribution in [0.4, 0.5) is 0 Å². The molecular weight excluding hydrogens is 210 g/mol. The maximum absolute atomic E-state index is 11.1. The maximum atomic E-state index is 11.1. The van der Waals surface area contributed by atoms with Gasteiger partial charge in [0.05, 0.1) is 12.5 Å². The molecule has 0 saturated carbocycles. The molecule has 3 nitrogen and oxygen atoms in total. The monoisotopic (exact) mass is 225 g/mol. The first-order chi connectivity index (χ1) is 7.31. The zero-order valence-electron chi connectivity index (χ0n) is 8.73. The molecular formula is C11H15NO2S. The molecule has 0 bridgehead atoms. The van der Waals surface area contributed by atoms with Gasteiger partial charge in [-0.05, 0) is 23.9 Å². The third-order valence-corrected chi connectivity index (χ3v) is 3.54. The standard InChI is InChI=1S/C11H15NO2S/c1-2-8-9(12-11(8)13)5-6-14-10-4-3-7-15-10/h3-4,7-9H,2,5-6H2,1H3,(H,12,13)/t8-,9+/m0/s1. The lowest BCUT2D eigenvalue weighted by Crippen LogP contribution is -2.58. The van der Waals surface area contributed by atoms with Gasteiger partial charge in [-0.15, -0.1) is 11.3 Å². The summed E-state index contributed by atoms with van der Waals surface area (Å²) < 4.78 is 5.55. The van der Waals surface area contributed by atoms with Crippen LogP contribution in [0.5, 0.6) is 5.06 Å². The molecule has 0 aliphatic carbocycles. The third kappa shape index (κ3) is 2.31. The van der Waals surface area contributed by atoms with Gasteiger partial charge in [0.2, 0.25) is 5.91 Å². The van der Waals surface area contributed by atoms with E-state index in [9.17, 15) is 4.79 Å². The smallest absolute Gasteiger partial charge is 0.225 e. The van der Waals surface area contributed by atoms with Gasteiger partial charge in [0.15, 0.2) is 5.06 Å². The zero-order chi connectivity index (χ0) is 10.7. The third-order valence-electron chi connectivity index (χ3n) is 2.76. The summed E-state index contributed by atoms with van der Waals surface area (Å²) in [4.78, 5) is 11.1. The van der Waals surface area contributed by atoms with Crippen LogP contribution in [-0.2, 0) is 4.79 Å². The topological polar surface area (TPSA) is 38.3 Å². The molecule has 1 aliphatic rings. The fourth-order valence-corrected chi connectivity index (χ4v) is 2.45. The van der Waals surface area contributed by atoms with E-state index in [-0.39, 0.29) is 11.8 Å². The van der Waals surface area contributed by atoms with Crippen molar-refractivity contribution in [3.8, 4) is 5.06 Å². The average Bonchev–Trinajstić information content (AvgIpc) is 2.69. The maximum Gasteiger partial charge on any atom is 0.225 e. The highest BCUT2D eigenvalue weighted by Gasteiger charge is 2.36. The van der Waals surface area contributed by atoms with Crippen LogP contribution in [0.2, 0.25) is 0 Å². The Kier molecular flexibility index (Phi) is 3.26. The SMILES string of the molecule is CC[C@@H]1C(=O)N[C@@H]1CCOc1cccs1. The van der Waals surface area contributed by atoms with Gasteiger partial charge in [-0.1, -0.05) is 6.92 Å². The molecule has 0 aromatic carbocycles. The second-order valence-corrected chi connectivity index (χ2v) is 4.61. The second kappa shape index (κ2) is 4.66.